The lowest BCUT2D eigenvalue weighted by molar-refractivity contribution is -0.133. The lowest BCUT2D eigenvalue weighted by atomic mass is 9.92. The van der Waals surface area contributed by atoms with Crippen molar-refractivity contribution < 1.29 is 13.9 Å². The average molecular weight is 329 g/mol. The topological polar surface area (TPSA) is 41.6 Å². The van der Waals surface area contributed by atoms with E-state index in [0.717, 1.165) is 39.0 Å². The third kappa shape index (κ3) is 4.11. The molecule has 2 aliphatic rings. The van der Waals surface area contributed by atoms with E-state index >= 15 is 0 Å². The Bertz CT molecular complexity index is 483. The van der Waals surface area contributed by atoms with Crippen molar-refractivity contribution in [3.8, 4) is 5.75 Å². The van der Waals surface area contributed by atoms with Crippen molar-refractivity contribution >= 4 is 18.3 Å². The smallest absolute Gasteiger partial charge is 0.260 e. The Morgan fingerprint density at radius 2 is 1.77 bits per heavy atom. The van der Waals surface area contributed by atoms with Crippen LogP contribution in [0.1, 0.15) is 12.8 Å². The van der Waals surface area contributed by atoms with Gasteiger partial charge < -0.3 is 15.0 Å². The van der Waals surface area contributed by atoms with Gasteiger partial charge in [0.05, 0.1) is 0 Å². The van der Waals surface area contributed by atoms with Gasteiger partial charge in [0.25, 0.3) is 5.91 Å². The van der Waals surface area contributed by atoms with E-state index in [2.05, 4.69) is 5.32 Å². The van der Waals surface area contributed by atoms with Crippen molar-refractivity contribution in [3.05, 3.63) is 30.1 Å². The molecule has 4 nitrogen and oxygen atoms in total. The van der Waals surface area contributed by atoms with Crippen LogP contribution in [-0.4, -0.2) is 43.6 Å². The minimum absolute atomic E-state index is 0. The van der Waals surface area contributed by atoms with Gasteiger partial charge in [-0.05, 0) is 62.0 Å². The van der Waals surface area contributed by atoms with Gasteiger partial charge in [0.1, 0.15) is 11.6 Å². The summed E-state index contributed by atoms with van der Waals surface area (Å²) < 4.78 is 18.2. The minimum atomic E-state index is -0.304. The molecule has 0 saturated carbocycles. The minimum Gasteiger partial charge on any atom is -0.484 e. The number of halogens is 2. The molecule has 2 aliphatic heterocycles. The zero-order valence-electron chi connectivity index (χ0n) is 12.5. The SMILES string of the molecule is Cl.O=C(COc1ccc(F)cc1)N1CC[C@@H]2CNC[C@@H]2CC1. The third-order valence-corrected chi connectivity index (χ3v) is 4.55. The quantitative estimate of drug-likeness (QED) is 0.923. The fraction of sp³-hybridized carbons (Fsp3) is 0.562. The number of carbonyl (C=O) groups excluding carboxylic acids is 1. The number of nitrogens with zero attached hydrogens (tertiary/aromatic N) is 1. The maximum absolute atomic E-state index is 12.8. The van der Waals surface area contributed by atoms with Crippen molar-refractivity contribution in [1.29, 1.82) is 0 Å². The fourth-order valence-corrected chi connectivity index (χ4v) is 3.23. The van der Waals surface area contributed by atoms with Crippen LogP contribution in [0.3, 0.4) is 0 Å². The highest BCUT2D eigenvalue weighted by Gasteiger charge is 2.31. The van der Waals surface area contributed by atoms with E-state index in [4.69, 9.17) is 4.74 Å². The van der Waals surface area contributed by atoms with Gasteiger partial charge in [0, 0.05) is 13.1 Å². The number of carbonyl (C=O) groups is 1. The van der Waals surface area contributed by atoms with Gasteiger partial charge in [0.2, 0.25) is 0 Å². The molecule has 22 heavy (non-hydrogen) atoms. The standard InChI is InChI=1S/C16H21FN2O2.ClH/c17-14-1-3-15(4-2-14)21-11-16(20)19-7-5-12-9-18-10-13(12)6-8-19;/h1-4,12-13,18H,5-11H2;1H/t12-,13+;. The van der Waals surface area contributed by atoms with Gasteiger partial charge in [-0.2, -0.15) is 0 Å². The molecule has 0 bridgehead atoms. The Morgan fingerprint density at radius 3 is 2.36 bits per heavy atom. The van der Waals surface area contributed by atoms with E-state index in [-0.39, 0.29) is 30.7 Å². The van der Waals surface area contributed by atoms with Crippen LogP contribution in [-0.2, 0) is 4.79 Å². The molecule has 1 aromatic carbocycles. The lowest BCUT2D eigenvalue weighted by Gasteiger charge is -2.21. The largest absolute Gasteiger partial charge is 0.484 e. The van der Waals surface area contributed by atoms with Crippen molar-refractivity contribution in [2.45, 2.75) is 12.8 Å². The Hall–Kier alpha value is -1.33. The first-order valence-corrected chi connectivity index (χ1v) is 7.59. The molecule has 1 N–H and O–H groups in total. The molecule has 122 valence electrons. The molecule has 0 radical (unpaired) electrons. The summed E-state index contributed by atoms with van der Waals surface area (Å²) in [4.78, 5) is 14.1. The second-order valence-electron chi connectivity index (χ2n) is 5.88. The van der Waals surface area contributed by atoms with Gasteiger partial charge in [-0.3, -0.25) is 4.79 Å². The van der Waals surface area contributed by atoms with E-state index in [1.807, 2.05) is 4.90 Å². The van der Waals surface area contributed by atoms with Gasteiger partial charge in [0.15, 0.2) is 6.61 Å². The molecule has 3 rings (SSSR count). The van der Waals surface area contributed by atoms with Crippen LogP contribution in [0, 0.1) is 17.7 Å². The molecule has 0 unspecified atom stereocenters. The Kier molecular flexibility index (Phi) is 6.03. The summed E-state index contributed by atoms with van der Waals surface area (Å²) in [6.45, 7) is 3.82. The Balaban J connectivity index is 0.00000176. The molecular formula is C16H22ClFN2O2. The molecule has 0 spiro atoms. The second-order valence-corrected chi connectivity index (χ2v) is 5.88. The van der Waals surface area contributed by atoms with E-state index in [9.17, 15) is 9.18 Å². The van der Waals surface area contributed by atoms with Crippen LogP contribution < -0.4 is 10.1 Å². The molecular weight excluding hydrogens is 307 g/mol. The summed E-state index contributed by atoms with van der Waals surface area (Å²) in [7, 11) is 0. The van der Waals surface area contributed by atoms with E-state index in [0.29, 0.717) is 17.6 Å². The molecule has 6 heteroatoms. The first-order chi connectivity index (χ1) is 10.2. The van der Waals surface area contributed by atoms with Gasteiger partial charge >= 0.3 is 0 Å². The Morgan fingerprint density at radius 1 is 1.18 bits per heavy atom. The number of hydrogen-bond donors (Lipinski definition) is 1. The molecule has 1 aromatic rings. The van der Waals surface area contributed by atoms with Gasteiger partial charge in [-0.15, -0.1) is 12.4 Å². The normalized spacial score (nSPS) is 24.1. The number of rotatable bonds is 3. The zero-order valence-corrected chi connectivity index (χ0v) is 13.3. The van der Waals surface area contributed by atoms with Crippen LogP contribution >= 0.6 is 12.4 Å². The maximum atomic E-state index is 12.8. The number of nitrogens with one attached hydrogen (secondary N) is 1. The molecule has 2 atom stereocenters. The molecule has 2 fully saturated rings. The summed E-state index contributed by atoms with van der Waals surface area (Å²) in [6.07, 6.45) is 2.14. The van der Waals surface area contributed by atoms with Crippen molar-refractivity contribution in [2.24, 2.45) is 11.8 Å². The first-order valence-electron chi connectivity index (χ1n) is 7.59. The van der Waals surface area contributed by atoms with Crippen LogP contribution in [0.5, 0.6) is 5.75 Å². The van der Waals surface area contributed by atoms with Gasteiger partial charge in [-0.1, -0.05) is 0 Å². The number of ether oxygens (including phenoxy) is 1. The lowest BCUT2D eigenvalue weighted by Crippen LogP contribution is -2.36. The van der Waals surface area contributed by atoms with E-state index in [1.165, 1.54) is 12.1 Å². The number of fused-ring (bicyclic) bond motifs is 1. The Labute approximate surface area is 136 Å². The maximum Gasteiger partial charge on any atom is 0.260 e. The number of likely N-dealkylation sites (tertiary alicyclic amines) is 1. The number of benzene rings is 1. The molecule has 1 amide bonds. The highest BCUT2D eigenvalue weighted by atomic mass is 35.5. The van der Waals surface area contributed by atoms with Crippen LogP contribution in [0.2, 0.25) is 0 Å². The highest BCUT2D eigenvalue weighted by Crippen LogP contribution is 2.27. The average Bonchev–Trinajstić information content (AvgIpc) is 2.85. The predicted octanol–water partition coefficient (Wildman–Crippen LogP) is 2.08. The predicted molar refractivity (Wildman–Crippen MR) is 84.8 cm³/mol. The third-order valence-electron chi connectivity index (χ3n) is 4.55. The molecule has 2 heterocycles. The molecule has 2 saturated heterocycles. The van der Waals surface area contributed by atoms with Crippen molar-refractivity contribution in [2.75, 3.05) is 32.8 Å². The summed E-state index contributed by atoms with van der Waals surface area (Å²) in [5.41, 5.74) is 0. The monoisotopic (exact) mass is 328 g/mol. The molecule has 0 aromatic heterocycles. The summed E-state index contributed by atoms with van der Waals surface area (Å²) in [5.74, 6) is 1.66. The van der Waals surface area contributed by atoms with Crippen LogP contribution in [0.4, 0.5) is 4.39 Å². The van der Waals surface area contributed by atoms with E-state index < -0.39 is 0 Å². The summed E-state index contributed by atoms with van der Waals surface area (Å²) >= 11 is 0. The van der Waals surface area contributed by atoms with Crippen LogP contribution in [0.25, 0.3) is 0 Å². The van der Waals surface area contributed by atoms with Gasteiger partial charge in [-0.25, -0.2) is 4.39 Å². The first kappa shape index (κ1) is 17.0. The second kappa shape index (κ2) is 7.79. The van der Waals surface area contributed by atoms with Crippen molar-refractivity contribution in [1.82, 2.24) is 10.2 Å². The summed E-state index contributed by atoms with van der Waals surface area (Å²) in [6, 6.07) is 5.75. The molecule has 0 aliphatic carbocycles. The van der Waals surface area contributed by atoms with Crippen molar-refractivity contribution in [3.63, 3.8) is 0 Å². The highest BCUT2D eigenvalue weighted by molar-refractivity contribution is 5.85. The van der Waals surface area contributed by atoms with E-state index in [1.54, 1.807) is 12.1 Å². The fourth-order valence-electron chi connectivity index (χ4n) is 3.23. The number of amides is 1. The zero-order chi connectivity index (χ0) is 14.7. The van der Waals surface area contributed by atoms with Crippen LogP contribution in [0.15, 0.2) is 24.3 Å². The summed E-state index contributed by atoms with van der Waals surface area (Å²) in [5, 5.41) is 3.43. The number of hydrogen-bond acceptors (Lipinski definition) is 3.